The molecule has 2 aromatic rings. The zero-order valence-electron chi connectivity index (χ0n) is 15.3. The number of alkyl halides is 3. The molecule has 1 aliphatic heterocycles. The van der Waals surface area contributed by atoms with Gasteiger partial charge in [-0.2, -0.15) is 13.2 Å². The van der Waals surface area contributed by atoms with Gasteiger partial charge in [0, 0.05) is 0 Å². The number of benzene rings is 2. The average molecular weight is 405 g/mol. The van der Waals surface area contributed by atoms with Gasteiger partial charge in [-0.1, -0.05) is 48.9 Å². The Morgan fingerprint density at radius 2 is 1.68 bits per heavy atom. The molecule has 1 aliphatic rings. The zero-order valence-corrected chi connectivity index (χ0v) is 16.2. The summed E-state index contributed by atoms with van der Waals surface area (Å²) in [5, 5.41) is 0. The van der Waals surface area contributed by atoms with Crippen LogP contribution in [-0.2, 0) is 22.3 Å². The minimum absolute atomic E-state index is 0.204. The van der Waals surface area contributed by atoms with E-state index in [4.69, 9.17) is 0 Å². The van der Waals surface area contributed by atoms with Gasteiger partial charge < -0.3 is 0 Å². The topological polar surface area (TPSA) is 37.4 Å². The van der Waals surface area contributed by atoms with Crippen molar-refractivity contribution in [3.63, 3.8) is 0 Å². The van der Waals surface area contributed by atoms with Crippen molar-refractivity contribution in [1.82, 2.24) is 4.90 Å². The van der Waals surface area contributed by atoms with E-state index in [1.165, 1.54) is 23.9 Å². The van der Waals surface area contributed by atoms with Gasteiger partial charge in [-0.3, -0.25) is 14.5 Å². The fourth-order valence-electron chi connectivity index (χ4n) is 2.98. The molecular weight excluding hydrogens is 387 g/mol. The number of hydrogen-bond donors (Lipinski definition) is 0. The minimum atomic E-state index is -4.48. The lowest BCUT2D eigenvalue weighted by molar-refractivity contribution is -0.137. The molecule has 2 aromatic carbocycles. The van der Waals surface area contributed by atoms with Crippen molar-refractivity contribution in [1.29, 1.82) is 0 Å². The average Bonchev–Trinajstić information content (AvgIpc) is 2.87. The summed E-state index contributed by atoms with van der Waals surface area (Å²) in [5.74, 6) is -0.353. The van der Waals surface area contributed by atoms with Crippen molar-refractivity contribution in [3.05, 3.63) is 75.7 Å². The normalized spacial score (nSPS) is 15.0. The number of carbonyl (C=O) groups excluding carboxylic acids is 2. The van der Waals surface area contributed by atoms with E-state index < -0.39 is 23.6 Å². The van der Waals surface area contributed by atoms with Crippen molar-refractivity contribution in [3.8, 4) is 0 Å². The molecule has 0 fully saturated rings. The molecule has 7 heteroatoms. The summed E-state index contributed by atoms with van der Waals surface area (Å²) in [7, 11) is 0. The number of imide groups is 1. The van der Waals surface area contributed by atoms with Crippen molar-refractivity contribution < 1.29 is 22.8 Å². The van der Waals surface area contributed by atoms with Gasteiger partial charge in [0.05, 0.1) is 22.6 Å². The third-order valence-corrected chi connectivity index (χ3v) is 5.31. The second kappa shape index (κ2) is 7.83. The van der Waals surface area contributed by atoms with E-state index in [9.17, 15) is 22.8 Å². The van der Waals surface area contributed by atoms with Gasteiger partial charge in [0.2, 0.25) is 0 Å². The first-order chi connectivity index (χ1) is 13.2. The maximum absolute atomic E-state index is 13.0. The van der Waals surface area contributed by atoms with E-state index in [-0.39, 0.29) is 12.1 Å². The predicted molar refractivity (Wildman–Crippen MR) is 103 cm³/mol. The van der Waals surface area contributed by atoms with Gasteiger partial charge in [0.1, 0.15) is 0 Å². The summed E-state index contributed by atoms with van der Waals surface area (Å²) in [5.41, 5.74) is 1.41. The molecule has 0 saturated carbocycles. The van der Waals surface area contributed by atoms with E-state index in [0.29, 0.717) is 21.8 Å². The molecule has 0 unspecified atom stereocenters. The summed E-state index contributed by atoms with van der Waals surface area (Å²) in [4.78, 5) is 27.2. The van der Waals surface area contributed by atoms with Gasteiger partial charge in [-0.15, -0.1) is 11.8 Å². The summed E-state index contributed by atoms with van der Waals surface area (Å²) < 4.78 is 38.9. The number of thioether (sulfide) groups is 1. The lowest BCUT2D eigenvalue weighted by Gasteiger charge is -2.16. The number of halogens is 3. The van der Waals surface area contributed by atoms with Crippen LogP contribution < -0.4 is 0 Å². The van der Waals surface area contributed by atoms with Crippen molar-refractivity contribution in [2.75, 3.05) is 5.75 Å². The summed E-state index contributed by atoms with van der Waals surface area (Å²) in [6.45, 7) is 3.59. The molecule has 146 valence electrons. The van der Waals surface area contributed by atoms with Gasteiger partial charge in [0.25, 0.3) is 11.8 Å². The first kappa shape index (κ1) is 20.2. The Kier molecular flexibility index (Phi) is 5.65. The fraction of sp³-hybridized carbons (Fsp3) is 0.238. The summed E-state index contributed by atoms with van der Waals surface area (Å²) >= 11 is 1.27. The lowest BCUT2D eigenvalue weighted by Crippen LogP contribution is -2.31. The van der Waals surface area contributed by atoms with Gasteiger partial charge >= 0.3 is 6.18 Å². The maximum Gasteiger partial charge on any atom is 0.416 e. The molecule has 3 rings (SSSR count). The Balaban J connectivity index is 1.94. The van der Waals surface area contributed by atoms with Crippen LogP contribution in [0.3, 0.4) is 0 Å². The van der Waals surface area contributed by atoms with Crippen molar-refractivity contribution in [2.24, 2.45) is 0 Å². The number of carbonyl (C=O) groups is 2. The number of amides is 2. The zero-order chi connectivity index (χ0) is 20.5. The Hall–Kier alpha value is -2.54. The van der Waals surface area contributed by atoms with Crippen LogP contribution in [0.2, 0.25) is 0 Å². The van der Waals surface area contributed by atoms with Crippen LogP contribution in [-0.4, -0.2) is 22.5 Å². The van der Waals surface area contributed by atoms with E-state index in [1.807, 2.05) is 26.0 Å². The molecule has 0 bridgehead atoms. The third-order valence-electron chi connectivity index (χ3n) is 4.35. The van der Waals surface area contributed by atoms with E-state index in [2.05, 4.69) is 0 Å². The van der Waals surface area contributed by atoms with Crippen molar-refractivity contribution in [2.45, 2.75) is 26.6 Å². The number of aryl methyl sites for hydroxylation is 1. The Labute approximate surface area is 165 Å². The van der Waals surface area contributed by atoms with Crippen LogP contribution >= 0.6 is 11.8 Å². The largest absolute Gasteiger partial charge is 0.416 e. The van der Waals surface area contributed by atoms with Gasteiger partial charge in [-0.25, -0.2) is 0 Å². The minimum Gasteiger partial charge on any atom is -0.269 e. The molecular formula is C21H18F3NO2S. The molecule has 2 amide bonds. The Bertz CT molecular complexity index is 949. The summed E-state index contributed by atoms with van der Waals surface area (Å²) in [6.07, 6.45) is -4.48. The molecule has 0 aromatic heterocycles. The maximum atomic E-state index is 13.0. The van der Waals surface area contributed by atoms with Crippen LogP contribution in [0.4, 0.5) is 13.2 Å². The van der Waals surface area contributed by atoms with Gasteiger partial charge in [0.15, 0.2) is 0 Å². The molecule has 1 heterocycles. The lowest BCUT2D eigenvalue weighted by atomic mass is 10.0. The van der Waals surface area contributed by atoms with Crippen molar-refractivity contribution >= 4 is 29.1 Å². The van der Waals surface area contributed by atoms with E-state index in [1.54, 1.807) is 12.1 Å². The van der Waals surface area contributed by atoms with E-state index >= 15 is 0 Å². The molecule has 0 saturated heterocycles. The highest BCUT2D eigenvalue weighted by molar-refractivity contribution is 8.04. The first-order valence-corrected chi connectivity index (χ1v) is 9.67. The predicted octanol–water partition coefficient (Wildman–Crippen LogP) is 5.05. The molecule has 0 radical (unpaired) electrons. The first-order valence-electron chi connectivity index (χ1n) is 8.68. The van der Waals surface area contributed by atoms with Gasteiger partial charge in [-0.05, 0) is 35.9 Å². The molecule has 28 heavy (non-hydrogen) atoms. The number of hydrogen-bond acceptors (Lipinski definition) is 3. The number of nitrogens with zero attached hydrogens (tertiary/aromatic N) is 1. The Morgan fingerprint density at radius 3 is 2.29 bits per heavy atom. The fourth-order valence-corrected chi connectivity index (χ4v) is 3.85. The van der Waals surface area contributed by atoms with E-state index in [0.717, 1.165) is 22.6 Å². The molecule has 0 N–H and O–H groups in total. The highest BCUT2D eigenvalue weighted by atomic mass is 32.2. The number of rotatable bonds is 5. The molecule has 3 nitrogen and oxygen atoms in total. The summed E-state index contributed by atoms with van der Waals surface area (Å²) in [6, 6.07) is 11.9. The second-order valence-corrected chi connectivity index (χ2v) is 7.67. The Morgan fingerprint density at radius 1 is 1.00 bits per heavy atom. The second-order valence-electron chi connectivity index (χ2n) is 6.40. The monoisotopic (exact) mass is 405 g/mol. The molecule has 0 spiro atoms. The van der Waals surface area contributed by atoms with Crippen LogP contribution in [0.25, 0.3) is 5.57 Å². The van der Waals surface area contributed by atoms with Crippen LogP contribution in [0.15, 0.2) is 53.4 Å². The SMILES string of the molecule is CCSC1=C(c2ccc(C)cc2)C(=O)N(Cc2cccc(C(F)(F)F)c2)C1=O. The van der Waals surface area contributed by atoms with Crippen LogP contribution in [0.5, 0.6) is 0 Å². The highest BCUT2D eigenvalue weighted by Crippen LogP contribution is 2.37. The quantitative estimate of drug-likeness (QED) is 0.654. The highest BCUT2D eigenvalue weighted by Gasteiger charge is 2.39. The van der Waals surface area contributed by atoms with Crippen LogP contribution in [0.1, 0.15) is 29.2 Å². The standard InChI is InChI=1S/C21H18F3NO2S/c1-3-28-18-17(15-9-7-13(2)8-10-15)19(26)25(20(18)27)12-14-5-4-6-16(11-14)21(22,23)24/h4-11H,3,12H2,1-2H3. The van der Waals surface area contributed by atoms with Crippen LogP contribution in [0, 0.1) is 6.92 Å². The smallest absolute Gasteiger partial charge is 0.269 e. The third kappa shape index (κ3) is 3.99. The molecule has 0 atom stereocenters. The molecule has 0 aliphatic carbocycles.